The van der Waals surface area contributed by atoms with Crippen LogP contribution in [0.3, 0.4) is 0 Å². The quantitative estimate of drug-likeness (QED) is 0.633. The van der Waals surface area contributed by atoms with Crippen LogP contribution >= 0.6 is 0 Å². The van der Waals surface area contributed by atoms with Crippen molar-refractivity contribution < 1.29 is 19.4 Å². The zero-order chi connectivity index (χ0) is 15.5. The monoisotopic (exact) mass is 300 g/mol. The number of benzene rings is 1. The fourth-order valence-corrected chi connectivity index (χ4v) is 2.02. The molecule has 3 rings (SSSR count). The molecular formula is C14H12N4O4. The Labute approximate surface area is 125 Å². The summed E-state index contributed by atoms with van der Waals surface area (Å²) in [6.45, 7) is 1.01. The highest BCUT2D eigenvalue weighted by molar-refractivity contribution is 6.01. The smallest absolute Gasteiger partial charge is 0.433 e. The third kappa shape index (κ3) is 2.80. The summed E-state index contributed by atoms with van der Waals surface area (Å²) < 4.78 is 11.0. The number of carboxylic acid groups (broad SMARTS) is 1. The molecule has 1 aliphatic rings. The van der Waals surface area contributed by atoms with Gasteiger partial charge in [-0.1, -0.05) is 0 Å². The van der Waals surface area contributed by atoms with Gasteiger partial charge in [0.2, 0.25) is 0 Å². The van der Waals surface area contributed by atoms with Crippen LogP contribution in [-0.4, -0.2) is 40.2 Å². The molecule has 2 heterocycles. The number of amidine groups is 1. The van der Waals surface area contributed by atoms with Gasteiger partial charge < -0.3 is 20.3 Å². The number of hydrogen-bond donors (Lipinski definition) is 2. The van der Waals surface area contributed by atoms with Gasteiger partial charge in [-0.25, -0.2) is 14.8 Å². The van der Waals surface area contributed by atoms with E-state index in [1.54, 1.807) is 18.2 Å². The second kappa shape index (κ2) is 5.68. The van der Waals surface area contributed by atoms with Gasteiger partial charge in [0, 0.05) is 5.56 Å². The Bertz CT molecular complexity index is 760. The Kier molecular flexibility index (Phi) is 3.57. The Hall–Kier alpha value is -3.16. The van der Waals surface area contributed by atoms with E-state index in [1.165, 1.54) is 6.33 Å². The summed E-state index contributed by atoms with van der Waals surface area (Å²) in [5, 5.41) is 8.62. The summed E-state index contributed by atoms with van der Waals surface area (Å²) in [4.78, 5) is 21.9. The third-order valence-electron chi connectivity index (χ3n) is 2.98. The summed E-state index contributed by atoms with van der Waals surface area (Å²) in [6, 6.07) is 6.97. The molecule has 112 valence electrons. The number of aromatic nitrogens is 2. The molecule has 0 fully saturated rings. The number of aliphatic imine (C=N–C) groups is 1. The number of rotatable bonds is 2. The van der Waals surface area contributed by atoms with Crippen LogP contribution in [0.25, 0.3) is 11.3 Å². The fourth-order valence-electron chi connectivity index (χ4n) is 2.02. The summed E-state index contributed by atoms with van der Waals surface area (Å²) in [5.41, 5.74) is 7.17. The molecule has 0 saturated carbocycles. The lowest BCUT2D eigenvalue weighted by atomic mass is 10.1. The highest BCUT2D eigenvalue weighted by Crippen LogP contribution is 2.33. The summed E-state index contributed by atoms with van der Waals surface area (Å²) in [5.74, 6) is 1.13. The van der Waals surface area contributed by atoms with E-state index in [1.807, 2.05) is 6.07 Å². The molecule has 0 bridgehead atoms. The maximum Gasteiger partial charge on any atom is 0.433 e. The summed E-state index contributed by atoms with van der Waals surface area (Å²) in [6.07, 6.45) is -0.0805. The van der Waals surface area contributed by atoms with Crippen LogP contribution in [0.4, 0.5) is 4.79 Å². The minimum atomic E-state index is -1.38. The van der Waals surface area contributed by atoms with Crippen LogP contribution in [0, 0.1) is 0 Å². The van der Waals surface area contributed by atoms with Crippen LogP contribution in [0.5, 0.6) is 11.5 Å². The van der Waals surface area contributed by atoms with Crippen molar-refractivity contribution in [3.63, 3.8) is 0 Å². The van der Waals surface area contributed by atoms with Crippen LogP contribution in [-0.2, 0) is 0 Å². The van der Waals surface area contributed by atoms with Crippen LogP contribution in [0.15, 0.2) is 35.6 Å². The topological polar surface area (TPSA) is 120 Å². The lowest BCUT2D eigenvalue weighted by molar-refractivity contribution is 0.171. The highest BCUT2D eigenvalue weighted by Gasteiger charge is 2.13. The number of nitrogens with two attached hydrogens (primary N) is 1. The van der Waals surface area contributed by atoms with E-state index < -0.39 is 6.09 Å². The van der Waals surface area contributed by atoms with E-state index in [0.29, 0.717) is 30.4 Å². The molecule has 8 heteroatoms. The van der Waals surface area contributed by atoms with Gasteiger partial charge in [0.25, 0.3) is 0 Å². The van der Waals surface area contributed by atoms with Crippen molar-refractivity contribution in [3.8, 4) is 22.8 Å². The molecule has 3 N–H and O–H groups in total. The van der Waals surface area contributed by atoms with Crippen LogP contribution in [0.1, 0.15) is 5.69 Å². The van der Waals surface area contributed by atoms with Crippen molar-refractivity contribution in [3.05, 3.63) is 36.3 Å². The van der Waals surface area contributed by atoms with E-state index in [-0.39, 0.29) is 11.5 Å². The van der Waals surface area contributed by atoms with Gasteiger partial charge in [-0.2, -0.15) is 4.99 Å². The maximum atomic E-state index is 10.6. The van der Waals surface area contributed by atoms with Crippen molar-refractivity contribution in [1.82, 2.24) is 9.97 Å². The molecule has 8 nitrogen and oxygen atoms in total. The van der Waals surface area contributed by atoms with E-state index in [4.69, 9.17) is 20.3 Å². The van der Waals surface area contributed by atoms with Gasteiger partial charge >= 0.3 is 6.09 Å². The van der Waals surface area contributed by atoms with Gasteiger partial charge in [-0.15, -0.1) is 0 Å². The van der Waals surface area contributed by atoms with Crippen molar-refractivity contribution in [1.29, 1.82) is 0 Å². The zero-order valence-corrected chi connectivity index (χ0v) is 11.4. The largest absolute Gasteiger partial charge is 0.486 e. The molecule has 0 radical (unpaired) electrons. The Morgan fingerprint density at radius 2 is 1.95 bits per heavy atom. The first kappa shape index (κ1) is 13.8. The Balaban J connectivity index is 1.97. The molecule has 0 saturated heterocycles. The maximum absolute atomic E-state index is 10.6. The minimum Gasteiger partial charge on any atom is -0.486 e. The predicted molar refractivity (Wildman–Crippen MR) is 77.2 cm³/mol. The number of amides is 1. The number of hydrogen-bond acceptors (Lipinski definition) is 5. The summed E-state index contributed by atoms with van der Waals surface area (Å²) >= 11 is 0. The highest BCUT2D eigenvalue weighted by atomic mass is 16.6. The molecule has 2 aromatic rings. The van der Waals surface area contributed by atoms with Gasteiger partial charge in [-0.05, 0) is 24.3 Å². The first-order valence-corrected chi connectivity index (χ1v) is 6.43. The molecule has 0 unspecified atom stereocenters. The van der Waals surface area contributed by atoms with E-state index in [0.717, 1.165) is 5.56 Å². The second-order valence-electron chi connectivity index (χ2n) is 4.43. The number of fused-ring (bicyclic) bond motifs is 1. The minimum absolute atomic E-state index is 0.186. The molecule has 1 aromatic heterocycles. The van der Waals surface area contributed by atoms with Gasteiger partial charge in [0.15, 0.2) is 17.3 Å². The van der Waals surface area contributed by atoms with Crippen LogP contribution < -0.4 is 15.2 Å². The Morgan fingerprint density at radius 3 is 2.73 bits per heavy atom. The van der Waals surface area contributed by atoms with Crippen molar-refractivity contribution in [2.75, 3.05) is 13.2 Å². The molecular weight excluding hydrogens is 288 g/mol. The third-order valence-corrected chi connectivity index (χ3v) is 2.98. The fraction of sp³-hybridized carbons (Fsp3) is 0.143. The molecule has 0 spiro atoms. The normalized spacial score (nSPS) is 13.7. The SMILES string of the molecule is N/C(=N\C(=O)O)c1cc(-c2ccc3c(c2)OCCO3)ncn1. The molecule has 1 aliphatic heterocycles. The summed E-state index contributed by atoms with van der Waals surface area (Å²) in [7, 11) is 0. The molecule has 0 atom stereocenters. The first-order chi connectivity index (χ1) is 10.6. The van der Waals surface area contributed by atoms with Gasteiger partial charge in [0.05, 0.1) is 5.69 Å². The lowest BCUT2D eigenvalue weighted by Gasteiger charge is -2.18. The lowest BCUT2D eigenvalue weighted by Crippen LogP contribution is -2.17. The second-order valence-corrected chi connectivity index (χ2v) is 4.43. The first-order valence-electron chi connectivity index (χ1n) is 6.43. The van der Waals surface area contributed by atoms with Crippen molar-refractivity contribution in [2.45, 2.75) is 0 Å². The van der Waals surface area contributed by atoms with Crippen molar-refractivity contribution in [2.24, 2.45) is 10.7 Å². The van der Waals surface area contributed by atoms with Crippen LogP contribution in [0.2, 0.25) is 0 Å². The van der Waals surface area contributed by atoms with E-state index >= 15 is 0 Å². The molecule has 0 aliphatic carbocycles. The molecule has 1 aromatic carbocycles. The zero-order valence-electron chi connectivity index (χ0n) is 11.4. The number of nitrogens with zero attached hydrogens (tertiary/aromatic N) is 3. The average molecular weight is 300 g/mol. The number of carbonyl (C=O) groups is 1. The van der Waals surface area contributed by atoms with Gasteiger partial charge in [-0.3, -0.25) is 0 Å². The standard InChI is InChI=1S/C14H12N4O4/c15-13(18-14(19)20)10-6-9(16-7-17-10)8-1-2-11-12(5-8)22-4-3-21-11/h1-2,5-7H,3-4H2,(H2,15,18)(H,19,20). The molecule has 22 heavy (non-hydrogen) atoms. The molecule has 1 amide bonds. The Morgan fingerprint density at radius 1 is 1.18 bits per heavy atom. The average Bonchev–Trinajstić information content (AvgIpc) is 2.54. The number of ether oxygens (including phenoxy) is 2. The van der Waals surface area contributed by atoms with Crippen molar-refractivity contribution >= 4 is 11.9 Å². The van der Waals surface area contributed by atoms with Gasteiger partial charge in [0.1, 0.15) is 25.2 Å². The predicted octanol–water partition coefficient (Wildman–Crippen LogP) is 1.30. The van der Waals surface area contributed by atoms with E-state index in [9.17, 15) is 4.79 Å². The van der Waals surface area contributed by atoms with E-state index in [2.05, 4.69) is 15.0 Å².